The van der Waals surface area contributed by atoms with Crippen LogP contribution in [0.4, 0.5) is 18.7 Å². The minimum atomic E-state index is -2.51. The molecule has 2 aliphatic rings. The van der Waals surface area contributed by atoms with Crippen LogP contribution in [-0.4, -0.2) is 34.9 Å². The highest BCUT2D eigenvalue weighted by Gasteiger charge is 2.70. The number of likely N-dealkylation sites (tertiary alicyclic amines) is 1. The van der Waals surface area contributed by atoms with Crippen LogP contribution in [0.1, 0.15) is 24.1 Å². The van der Waals surface area contributed by atoms with Gasteiger partial charge in [-0.1, -0.05) is 0 Å². The summed E-state index contributed by atoms with van der Waals surface area (Å²) >= 11 is 1.40. The van der Waals surface area contributed by atoms with E-state index in [0.29, 0.717) is 31.1 Å². The first-order valence-corrected chi connectivity index (χ1v) is 7.10. The van der Waals surface area contributed by atoms with E-state index in [1.807, 2.05) is 6.92 Å². The van der Waals surface area contributed by atoms with E-state index in [1.54, 1.807) is 11.1 Å². The molecule has 0 aromatic carbocycles. The third kappa shape index (κ3) is 2.20. The Hall–Kier alpha value is -1.24. The van der Waals surface area contributed by atoms with Gasteiger partial charge in [0, 0.05) is 36.0 Å². The van der Waals surface area contributed by atoms with E-state index < -0.39 is 11.3 Å². The molecular weight excluding hydrogens is 272 g/mol. The Morgan fingerprint density at radius 1 is 1.47 bits per heavy atom. The smallest absolute Gasteiger partial charge is 0.323 e. The van der Waals surface area contributed by atoms with Crippen LogP contribution in [0.25, 0.3) is 0 Å². The van der Waals surface area contributed by atoms with E-state index in [4.69, 9.17) is 0 Å². The molecule has 7 heteroatoms. The van der Waals surface area contributed by atoms with Crippen LogP contribution in [0.2, 0.25) is 0 Å². The van der Waals surface area contributed by atoms with E-state index in [2.05, 4.69) is 10.3 Å². The summed E-state index contributed by atoms with van der Waals surface area (Å²) in [5.74, 6) is -2.51. The van der Waals surface area contributed by atoms with Crippen molar-refractivity contribution in [2.24, 2.45) is 5.41 Å². The van der Waals surface area contributed by atoms with Crippen molar-refractivity contribution in [3.63, 3.8) is 0 Å². The Morgan fingerprint density at radius 2 is 2.11 bits per heavy atom. The standard InChI is InChI=1S/C12H15F2N3OS/c1-8-6-15-9(19-8)16-10(18)17-4-2-11(3-5-17)7-12(11,13)14/h6H,2-5,7H2,1H3,(H,15,16,18). The number of urea groups is 1. The molecule has 0 unspecified atom stereocenters. The van der Waals surface area contributed by atoms with Crippen molar-refractivity contribution in [3.05, 3.63) is 11.1 Å². The van der Waals surface area contributed by atoms with Gasteiger partial charge in [0.15, 0.2) is 5.13 Å². The van der Waals surface area contributed by atoms with Crippen LogP contribution in [0.5, 0.6) is 0 Å². The summed E-state index contributed by atoms with van der Waals surface area (Å²) < 4.78 is 26.4. The molecule has 1 aliphatic carbocycles. The summed E-state index contributed by atoms with van der Waals surface area (Å²) in [4.78, 5) is 18.6. The second kappa shape index (κ2) is 4.13. The Bertz CT molecular complexity index is 509. The first kappa shape index (κ1) is 12.8. The van der Waals surface area contributed by atoms with Gasteiger partial charge < -0.3 is 4.90 Å². The van der Waals surface area contributed by atoms with Crippen LogP contribution in [-0.2, 0) is 0 Å². The molecule has 0 bridgehead atoms. The number of aryl methyl sites for hydroxylation is 1. The van der Waals surface area contributed by atoms with Gasteiger partial charge in [-0.2, -0.15) is 0 Å². The summed E-state index contributed by atoms with van der Waals surface area (Å²) in [5.41, 5.74) is -0.818. The number of nitrogens with one attached hydrogen (secondary N) is 1. The molecule has 3 rings (SSSR count). The molecule has 0 atom stereocenters. The number of anilines is 1. The van der Waals surface area contributed by atoms with Crippen LogP contribution in [0.15, 0.2) is 6.20 Å². The third-order valence-corrected chi connectivity index (χ3v) is 4.88. The van der Waals surface area contributed by atoms with Gasteiger partial charge in [0.05, 0.1) is 0 Å². The number of nitrogens with zero attached hydrogens (tertiary/aromatic N) is 2. The molecule has 1 saturated carbocycles. The largest absolute Gasteiger partial charge is 0.324 e. The number of halogens is 2. The molecule has 1 aromatic heterocycles. The molecule has 2 amide bonds. The maximum atomic E-state index is 13.2. The van der Waals surface area contributed by atoms with Gasteiger partial charge in [-0.15, -0.1) is 11.3 Å². The second-order valence-electron chi connectivity index (χ2n) is 5.35. The van der Waals surface area contributed by atoms with Crippen molar-refractivity contribution in [1.82, 2.24) is 9.88 Å². The highest BCUT2D eigenvalue weighted by atomic mass is 32.1. The zero-order chi connectivity index (χ0) is 13.7. The molecule has 1 N–H and O–H groups in total. The minimum Gasteiger partial charge on any atom is -0.324 e. The molecule has 4 nitrogen and oxygen atoms in total. The summed E-state index contributed by atoms with van der Waals surface area (Å²) in [5, 5.41) is 3.26. The first-order valence-electron chi connectivity index (χ1n) is 6.28. The lowest BCUT2D eigenvalue weighted by Crippen LogP contribution is -2.42. The van der Waals surface area contributed by atoms with E-state index in [0.717, 1.165) is 4.88 Å². The molecule has 2 heterocycles. The molecule has 1 aromatic rings. The van der Waals surface area contributed by atoms with Crippen molar-refractivity contribution < 1.29 is 13.6 Å². The number of hydrogen-bond acceptors (Lipinski definition) is 3. The van der Waals surface area contributed by atoms with Crippen LogP contribution < -0.4 is 5.32 Å². The van der Waals surface area contributed by atoms with Gasteiger partial charge in [0.2, 0.25) is 0 Å². The fraction of sp³-hybridized carbons (Fsp3) is 0.667. The third-order valence-electron chi connectivity index (χ3n) is 4.05. The van der Waals surface area contributed by atoms with Crippen LogP contribution in [0.3, 0.4) is 0 Å². The number of aromatic nitrogens is 1. The highest BCUT2D eigenvalue weighted by Crippen LogP contribution is 2.65. The van der Waals surface area contributed by atoms with Crippen molar-refractivity contribution in [2.75, 3.05) is 18.4 Å². The van der Waals surface area contributed by atoms with Crippen LogP contribution in [0, 0.1) is 12.3 Å². The lowest BCUT2D eigenvalue weighted by Gasteiger charge is -2.31. The first-order chi connectivity index (χ1) is 8.92. The van der Waals surface area contributed by atoms with Crippen molar-refractivity contribution in [1.29, 1.82) is 0 Å². The van der Waals surface area contributed by atoms with Crippen molar-refractivity contribution in [3.8, 4) is 0 Å². The monoisotopic (exact) mass is 287 g/mol. The lowest BCUT2D eigenvalue weighted by atomic mass is 9.93. The fourth-order valence-corrected chi connectivity index (χ4v) is 3.30. The SMILES string of the molecule is Cc1cnc(NC(=O)N2CCC3(CC2)CC3(F)F)s1. The number of thiazole rings is 1. The Kier molecular flexibility index (Phi) is 2.78. The van der Waals surface area contributed by atoms with Crippen molar-refractivity contribution in [2.45, 2.75) is 32.1 Å². The number of hydrogen-bond donors (Lipinski definition) is 1. The topological polar surface area (TPSA) is 45.2 Å². The van der Waals surface area contributed by atoms with Gasteiger partial charge in [-0.05, 0) is 19.8 Å². The van der Waals surface area contributed by atoms with Gasteiger partial charge in [-0.25, -0.2) is 18.6 Å². The second-order valence-corrected chi connectivity index (χ2v) is 6.59. The maximum absolute atomic E-state index is 13.2. The molecule has 1 saturated heterocycles. The summed E-state index contributed by atoms with van der Waals surface area (Å²) in [6, 6.07) is -0.242. The summed E-state index contributed by atoms with van der Waals surface area (Å²) in [7, 11) is 0. The average molecular weight is 287 g/mol. The maximum Gasteiger partial charge on any atom is 0.323 e. The van der Waals surface area contributed by atoms with Gasteiger partial charge in [0.1, 0.15) is 0 Å². The lowest BCUT2D eigenvalue weighted by molar-refractivity contribution is 0.0380. The van der Waals surface area contributed by atoms with Gasteiger partial charge >= 0.3 is 6.03 Å². The van der Waals surface area contributed by atoms with Crippen molar-refractivity contribution >= 4 is 22.5 Å². The summed E-state index contributed by atoms with van der Waals surface area (Å²) in [6.07, 6.45) is 2.46. The highest BCUT2D eigenvalue weighted by molar-refractivity contribution is 7.15. The molecule has 2 fully saturated rings. The van der Waals surface area contributed by atoms with E-state index >= 15 is 0 Å². The van der Waals surface area contributed by atoms with Crippen LogP contribution >= 0.6 is 11.3 Å². The molecular formula is C12H15F2N3OS. The summed E-state index contributed by atoms with van der Waals surface area (Å²) in [6.45, 7) is 2.70. The molecule has 0 radical (unpaired) electrons. The molecule has 1 aliphatic heterocycles. The molecule has 104 valence electrons. The average Bonchev–Trinajstić information content (AvgIpc) is 2.69. The zero-order valence-corrected chi connectivity index (χ0v) is 11.4. The number of rotatable bonds is 1. The van der Waals surface area contributed by atoms with E-state index in [9.17, 15) is 13.6 Å². The van der Waals surface area contributed by atoms with E-state index in [1.165, 1.54) is 11.3 Å². The minimum absolute atomic E-state index is 0.0128. The van der Waals surface area contributed by atoms with E-state index in [-0.39, 0.29) is 12.5 Å². The Balaban J connectivity index is 1.55. The Labute approximate surface area is 113 Å². The normalized spacial score (nSPS) is 23.4. The quantitative estimate of drug-likeness (QED) is 0.862. The predicted molar refractivity (Wildman–Crippen MR) is 68.7 cm³/mol. The number of piperidine rings is 1. The number of alkyl halides is 2. The predicted octanol–water partition coefficient (Wildman–Crippen LogP) is 3.10. The number of carbonyl (C=O) groups is 1. The van der Waals surface area contributed by atoms with Gasteiger partial charge in [-0.3, -0.25) is 5.32 Å². The molecule has 19 heavy (non-hydrogen) atoms. The number of carbonyl (C=O) groups excluding carboxylic acids is 1. The van der Waals surface area contributed by atoms with Gasteiger partial charge in [0.25, 0.3) is 5.92 Å². The molecule has 1 spiro atoms. The zero-order valence-electron chi connectivity index (χ0n) is 10.6. The number of amides is 2. The Morgan fingerprint density at radius 3 is 2.58 bits per heavy atom. The fourth-order valence-electron chi connectivity index (χ4n) is 2.64.